The van der Waals surface area contributed by atoms with Crippen LogP contribution in [0.1, 0.15) is 17.5 Å². The first-order valence-electron chi connectivity index (χ1n) is 6.69. The van der Waals surface area contributed by atoms with Gasteiger partial charge in [0.1, 0.15) is 0 Å². The molecule has 1 aromatic carbocycles. The van der Waals surface area contributed by atoms with Crippen LogP contribution < -0.4 is 16.4 Å². The van der Waals surface area contributed by atoms with Gasteiger partial charge < -0.3 is 16.4 Å². The predicted octanol–water partition coefficient (Wildman–Crippen LogP) is 2.87. The highest BCUT2D eigenvalue weighted by atomic mass is 32.1. The summed E-state index contributed by atoms with van der Waals surface area (Å²) in [6, 6.07) is 6.04. The van der Waals surface area contributed by atoms with Crippen LogP contribution in [0.4, 0.5) is 17.1 Å². The van der Waals surface area contributed by atoms with Gasteiger partial charge in [-0.05, 0) is 52.9 Å². The number of rotatable bonds is 4. The highest BCUT2D eigenvalue weighted by molar-refractivity contribution is 7.07. The highest BCUT2D eigenvalue weighted by Crippen LogP contribution is 2.30. The highest BCUT2D eigenvalue weighted by Gasteiger charge is 2.16. The summed E-state index contributed by atoms with van der Waals surface area (Å²) in [5.41, 5.74) is 11.0. The Balaban J connectivity index is 1.69. The molecule has 4 nitrogen and oxygen atoms in total. The number of nitrogens with one attached hydrogen (secondary N) is 2. The third-order valence-corrected chi connectivity index (χ3v) is 4.21. The summed E-state index contributed by atoms with van der Waals surface area (Å²) in [6.07, 6.45) is 2.31. The SMILES string of the molecule is Nc1cc2c(cc1NCCc1ccsc1)CCC(=O)N2. The lowest BCUT2D eigenvalue weighted by atomic mass is 10.0. The molecule has 0 fully saturated rings. The fourth-order valence-electron chi connectivity index (χ4n) is 2.37. The minimum absolute atomic E-state index is 0.0649. The van der Waals surface area contributed by atoms with Crippen molar-refractivity contribution in [3.8, 4) is 0 Å². The second-order valence-corrected chi connectivity index (χ2v) is 5.73. The van der Waals surface area contributed by atoms with E-state index in [4.69, 9.17) is 5.73 Å². The Morgan fingerprint density at radius 1 is 1.35 bits per heavy atom. The van der Waals surface area contributed by atoms with Gasteiger partial charge in [0.05, 0.1) is 11.4 Å². The van der Waals surface area contributed by atoms with Crippen LogP contribution in [0, 0.1) is 0 Å². The molecule has 0 unspecified atom stereocenters. The smallest absolute Gasteiger partial charge is 0.224 e. The Labute approximate surface area is 122 Å². The van der Waals surface area contributed by atoms with Gasteiger partial charge in [-0.25, -0.2) is 0 Å². The summed E-state index contributed by atoms with van der Waals surface area (Å²) in [4.78, 5) is 11.4. The molecule has 1 aromatic heterocycles. The Kier molecular flexibility index (Phi) is 3.60. The molecule has 1 aliphatic heterocycles. The Morgan fingerprint density at radius 2 is 2.25 bits per heavy atom. The first-order chi connectivity index (χ1) is 9.72. The maximum absolute atomic E-state index is 11.4. The van der Waals surface area contributed by atoms with E-state index in [1.807, 2.05) is 6.07 Å². The molecule has 2 heterocycles. The van der Waals surface area contributed by atoms with Crippen molar-refractivity contribution < 1.29 is 4.79 Å². The molecule has 1 amide bonds. The van der Waals surface area contributed by atoms with Gasteiger partial charge >= 0.3 is 0 Å². The van der Waals surface area contributed by atoms with Gasteiger partial charge in [0.25, 0.3) is 0 Å². The van der Waals surface area contributed by atoms with E-state index in [0.717, 1.165) is 36.3 Å². The molecule has 0 aliphatic carbocycles. The molecule has 0 saturated carbocycles. The molecule has 0 saturated heterocycles. The second-order valence-electron chi connectivity index (χ2n) is 4.95. The monoisotopic (exact) mass is 287 g/mol. The molecule has 0 spiro atoms. The number of amides is 1. The van der Waals surface area contributed by atoms with Gasteiger partial charge in [-0.1, -0.05) is 0 Å². The van der Waals surface area contributed by atoms with Gasteiger partial charge in [0.2, 0.25) is 5.91 Å². The molecule has 0 radical (unpaired) electrons. The number of benzene rings is 1. The molecule has 2 aromatic rings. The molecular weight excluding hydrogens is 270 g/mol. The minimum Gasteiger partial charge on any atom is -0.397 e. The van der Waals surface area contributed by atoms with Crippen LogP contribution in [0.25, 0.3) is 0 Å². The molecule has 5 heteroatoms. The van der Waals surface area contributed by atoms with Crippen LogP contribution in [0.15, 0.2) is 29.0 Å². The first kappa shape index (κ1) is 13.0. The van der Waals surface area contributed by atoms with Crippen molar-refractivity contribution in [1.29, 1.82) is 0 Å². The number of nitrogen functional groups attached to an aromatic ring is 1. The van der Waals surface area contributed by atoms with E-state index in [9.17, 15) is 4.79 Å². The Morgan fingerprint density at radius 3 is 3.05 bits per heavy atom. The zero-order chi connectivity index (χ0) is 13.9. The maximum atomic E-state index is 11.4. The number of thiophene rings is 1. The zero-order valence-electron chi connectivity index (χ0n) is 11.1. The van der Waals surface area contributed by atoms with Crippen molar-refractivity contribution in [1.82, 2.24) is 0 Å². The largest absolute Gasteiger partial charge is 0.397 e. The molecule has 20 heavy (non-hydrogen) atoms. The van der Waals surface area contributed by atoms with E-state index in [0.29, 0.717) is 12.1 Å². The Bertz CT molecular complexity index is 622. The van der Waals surface area contributed by atoms with Gasteiger partial charge in [-0.15, -0.1) is 0 Å². The van der Waals surface area contributed by atoms with Gasteiger partial charge in [-0.3, -0.25) is 4.79 Å². The lowest BCUT2D eigenvalue weighted by Crippen LogP contribution is -2.19. The van der Waals surface area contributed by atoms with Gasteiger partial charge in [0.15, 0.2) is 0 Å². The summed E-state index contributed by atoms with van der Waals surface area (Å²) >= 11 is 1.72. The first-order valence-corrected chi connectivity index (χ1v) is 7.64. The average molecular weight is 287 g/mol. The fraction of sp³-hybridized carbons (Fsp3) is 0.267. The number of fused-ring (bicyclic) bond motifs is 1. The number of carbonyl (C=O) groups excluding carboxylic acids is 1. The summed E-state index contributed by atoms with van der Waals surface area (Å²) < 4.78 is 0. The number of nitrogens with two attached hydrogens (primary N) is 1. The van der Waals surface area contributed by atoms with Crippen LogP contribution in [0.2, 0.25) is 0 Å². The van der Waals surface area contributed by atoms with E-state index in [1.54, 1.807) is 11.3 Å². The molecular formula is C15H17N3OS. The van der Waals surface area contributed by atoms with E-state index in [2.05, 4.69) is 33.5 Å². The fourth-order valence-corrected chi connectivity index (χ4v) is 3.08. The number of hydrogen-bond donors (Lipinski definition) is 3. The molecule has 0 bridgehead atoms. The van der Waals surface area contributed by atoms with Gasteiger partial charge in [-0.2, -0.15) is 11.3 Å². The van der Waals surface area contributed by atoms with E-state index < -0.39 is 0 Å². The molecule has 0 atom stereocenters. The number of aryl methyl sites for hydroxylation is 1. The van der Waals surface area contributed by atoms with Crippen LogP contribution in [0.5, 0.6) is 0 Å². The molecule has 3 rings (SSSR count). The lowest BCUT2D eigenvalue weighted by Gasteiger charge is -2.19. The van der Waals surface area contributed by atoms with Crippen LogP contribution in [0.3, 0.4) is 0 Å². The predicted molar refractivity (Wildman–Crippen MR) is 84.3 cm³/mol. The topological polar surface area (TPSA) is 67.1 Å². The summed E-state index contributed by atoms with van der Waals surface area (Å²) in [5, 5.41) is 10.5. The number of hydrogen-bond acceptors (Lipinski definition) is 4. The average Bonchev–Trinajstić information content (AvgIpc) is 2.93. The van der Waals surface area contributed by atoms with Gasteiger partial charge in [0, 0.05) is 18.7 Å². The van der Waals surface area contributed by atoms with Crippen molar-refractivity contribution in [3.05, 3.63) is 40.1 Å². The molecule has 4 N–H and O–H groups in total. The number of carbonyl (C=O) groups is 1. The lowest BCUT2D eigenvalue weighted by molar-refractivity contribution is -0.116. The van der Waals surface area contributed by atoms with Crippen LogP contribution in [-0.4, -0.2) is 12.5 Å². The van der Waals surface area contributed by atoms with E-state index in [1.165, 1.54) is 5.56 Å². The zero-order valence-corrected chi connectivity index (χ0v) is 11.9. The summed E-state index contributed by atoms with van der Waals surface area (Å²) in [5.74, 6) is 0.0649. The van der Waals surface area contributed by atoms with Crippen molar-refractivity contribution in [3.63, 3.8) is 0 Å². The molecule has 104 valence electrons. The third-order valence-electron chi connectivity index (χ3n) is 3.48. The standard InChI is InChI=1S/C15H17N3OS/c16-12-8-13-11(1-2-15(19)18-13)7-14(12)17-5-3-10-4-6-20-9-10/h4,6-9,17H,1-3,5,16H2,(H,18,19). The summed E-state index contributed by atoms with van der Waals surface area (Å²) in [7, 11) is 0. The number of anilines is 3. The molecule has 1 aliphatic rings. The second kappa shape index (κ2) is 5.54. The minimum atomic E-state index is 0.0649. The quantitative estimate of drug-likeness (QED) is 0.757. The van der Waals surface area contributed by atoms with E-state index >= 15 is 0 Å². The maximum Gasteiger partial charge on any atom is 0.224 e. The summed E-state index contributed by atoms with van der Waals surface area (Å²) in [6.45, 7) is 0.853. The van der Waals surface area contributed by atoms with Crippen LogP contribution >= 0.6 is 11.3 Å². The van der Waals surface area contributed by atoms with E-state index in [-0.39, 0.29) is 5.91 Å². The van der Waals surface area contributed by atoms with Crippen LogP contribution in [-0.2, 0) is 17.6 Å². The normalized spacial score (nSPS) is 13.7. The van der Waals surface area contributed by atoms with Crippen molar-refractivity contribution in [2.24, 2.45) is 0 Å². The van der Waals surface area contributed by atoms with Crippen molar-refractivity contribution in [2.45, 2.75) is 19.3 Å². The van der Waals surface area contributed by atoms with Crippen molar-refractivity contribution >= 4 is 34.3 Å². The third kappa shape index (κ3) is 2.77. The van der Waals surface area contributed by atoms with Crippen molar-refractivity contribution in [2.75, 3.05) is 22.9 Å². The Hall–Kier alpha value is -2.01.